The minimum Gasteiger partial charge on any atom is -0.441 e. The van der Waals surface area contributed by atoms with Crippen LogP contribution in [-0.4, -0.2) is 17.6 Å². The molecule has 5 nitrogen and oxygen atoms in total. The lowest BCUT2D eigenvalue weighted by Gasteiger charge is -2.08. The van der Waals surface area contributed by atoms with Gasteiger partial charge in [0, 0.05) is 18.5 Å². The number of carbonyl (C=O) groups excluding carboxylic acids is 1. The molecule has 0 saturated carbocycles. The van der Waals surface area contributed by atoms with Crippen LogP contribution in [0.2, 0.25) is 5.02 Å². The van der Waals surface area contributed by atoms with Crippen LogP contribution in [0.3, 0.4) is 0 Å². The van der Waals surface area contributed by atoms with Crippen molar-refractivity contribution in [3.63, 3.8) is 0 Å². The van der Waals surface area contributed by atoms with Crippen molar-refractivity contribution < 1.29 is 13.6 Å². The van der Waals surface area contributed by atoms with Gasteiger partial charge in [-0.2, -0.15) is 0 Å². The number of anilines is 1. The van der Waals surface area contributed by atoms with E-state index in [0.29, 0.717) is 24.6 Å². The van der Waals surface area contributed by atoms with Crippen molar-refractivity contribution in [1.82, 2.24) is 10.3 Å². The molecule has 1 aromatic heterocycles. The number of benzene rings is 2. The first-order valence-electron chi connectivity index (χ1n) is 8.05. The average molecular weight is 374 g/mol. The molecule has 7 heteroatoms. The number of nitrogens with one attached hydrogen (secondary N) is 2. The smallest absolute Gasteiger partial charge is 0.319 e. The van der Waals surface area contributed by atoms with Gasteiger partial charge in [0.1, 0.15) is 5.76 Å². The normalized spacial score (nSPS) is 10.6. The third kappa shape index (κ3) is 4.21. The quantitative estimate of drug-likeness (QED) is 0.674. The zero-order valence-electron chi connectivity index (χ0n) is 14.1. The Morgan fingerprint density at radius 1 is 1.19 bits per heavy atom. The lowest BCUT2D eigenvalue weighted by Crippen LogP contribution is -2.30. The second kappa shape index (κ2) is 8.01. The number of amides is 2. The summed E-state index contributed by atoms with van der Waals surface area (Å²) in [5.74, 6) is 0.583. The number of hydrogen-bond donors (Lipinski definition) is 2. The minimum absolute atomic E-state index is 0.0268. The molecule has 0 bridgehead atoms. The maximum atomic E-state index is 13.8. The summed E-state index contributed by atoms with van der Waals surface area (Å²) in [6.07, 6.45) is 0.494. The van der Waals surface area contributed by atoms with E-state index < -0.39 is 11.8 Å². The Morgan fingerprint density at radius 3 is 2.73 bits per heavy atom. The van der Waals surface area contributed by atoms with Gasteiger partial charge in [-0.05, 0) is 31.2 Å². The Balaban J connectivity index is 1.56. The van der Waals surface area contributed by atoms with Crippen LogP contribution in [0.25, 0.3) is 11.5 Å². The summed E-state index contributed by atoms with van der Waals surface area (Å²) in [5, 5.41) is 5.04. The Bertz CT molecular complexity index is 912. The molecule has 0 saturated heterocycles. The predicted molar refractivity (Wildman–Crippen MR) is 98.8 cm³/mol. The van der Waals surface area contributed by atoms with Gasteiger partial charge in [0.2, 0.25) is 5.89 Å². The topological polar surface area (TPSA) is 67.2 Å². The average Bonchev–Trinajstić information content (AvgIpc) is 3.01. The molecule has 0 spiro atoms. The number of urea groups is 1. The van der Waals surface area contributed by atoms with Gasteiger partial charge < -0.3 is 15.1 Å². The molecule has 3 rings (SSSR count). The molecule has 0 fully saturated rings. The van der Waals surface area contributed by atoms with E-state index in [9.17, 15) is 9.18 Å². The van der Waals surface area contributed by atoms with Gasteiger partial charge in [-0.1, -0.05) is 35.9 Å². The lowest BCUT2D eigenvalue weighted by molar-refractivity contribution is 0.252. The highest BCUT2D eigenvalue weighted by molar-refractivity contribution is 6.31. The standard InChI is InChI=1S/C19H17ClFN3O2/c1-12-15(23-18(26-12)13-6-3-2-4-7-13)10-11-22-19(25)24-16-9-5-8-14(20)17(16)21/h2-9H,10-11H2,1H3,(H2,22,24,25). The molecule has 0 aliphatic carbocycles. The molecule has 3 aromatic rings. The first-order chi connectivity index (χ1) is 12.5. The van der Waals surface area contributed by atoms with Crippen LogP contribution >= 0.6 is 11.6 Å². The van der Waals surface area contributed by atoms with Gasteiger partial charge in [-0.3, -0.25) is 0 Å². The molecule has 2 aromatic carbocycles. The second-order valence-corrected chi connectivity index (χ2v) is 6.03. The molecule has 0 radical (unpaired) electrons. The van der Waals surface area contributed by atoms with Crippen molar-refractivity contribution in [2.45, 2.75) is 13.3 Å². The van der Waals surface area contributed by atoms with Crippen LogP contribution in [0.1, 0.15) is 11.5 Å². The molecule has 1 heterocycles. The van der Waals surface area contributed by atoms with Crippen LogP contribution in [0, 0.1) is 12.7 Å². The summed E-state index contributed by atoms with van der Waals surface area (Å²) in [6.45, 7) is 2.16. The maximum absolute atomic E-state index is 13.8. The first kappa shape index (κ1) is 17.9. The van der Waals surface area contributed by atoms with E-state index in [1.54, 1.807) is 6.07 Å². The molecule has 2 N–H and O–H groups in total. The molecule has 0 aliphatic rings. The zero-order chi connectivity index (χ0) is 18.5. The largest absolute Gasteiger partial charge is 0.441 e. The summed E-state index contributed by atoms with van der Waals surface area (Å²) in [4.78, 5) is 16.4. The predicted octanol–water partition coefficient (Wildman–Crippen LogP) is 4.81. The van der Waals surface area contributed by atoms with Gasteiger partial charge in [0.25, 0.3) is 0 Å². The van der Waals surface area contributed by atoms with E-state index >= 15 is 0 Å². The number of carbonyl (C=O) groups is 1. The highest BCUT2D eigenvalue weighted by atomic mass is 35.5. The molecule has 134 valence electrons. The molecule has 0 aliphatic heterocycles. The van der Waals surface area contributed by atoms with E-state index in [1.807, 2.05) is 37.3 Å². The van der Waals surface area contributed by atoms with Crippen molar-refractivity contribution in [2.75, 3.05) is 11.9 Å². The number of halogens is 2. The van der Waals surface area contributed by atoms with Crippen LogP contribution in [0.15, 0.2) is 52.9 Å². The van der Waals surface area contributed by atoms with E-state index in [0.717, 1.165) is 11.3 Å². The number of oxazole rings is 1. The highest BCUT2D eigenvalue weighted by Gasteiger charge is 2.12. The van der Waals surface area contributed by atoms with Gasteiger partial charge in [-0.25, -0.2) is 14.2 Å². The minimum atomic E-state index is -0.663. The maximum Gasteiger partial charge on any atom is 0.319 e. The van der Waals surface area contributed by atoms with Crippen LogP contribution in [0.5, 0.6) is 0 Å². The van der Waals surface area contributed by atoms with Crippen LogP contribution in [-0.2, 0) is 6.42 Å². The second-order valence-electron chi connectivity index (χ2n) is 5.62. The number of hydrogen-bond acceptors (Lipinski definition) is 3. The summed E-state index contributed by atoms with van der Waals surface area (Å²) >= 11 is 5.69. The number of rotatable bonds is 5. The van der Waals surface area contributed by atoms with Crippen molar-refractivity contribution in [3.8, 4) is 11.5 Å². The van der Waals surface area contributed by atoms with E-state index in [1.165, 1.54) is 12.1 Å². The van der Waals surface area contributed by atoms with Crippen molar-refractivity contribution in [2.24, 2.45) is 0 Å². The summed E-state index contributed by atoms with van der Waals surface area (Å²) in [5.41, 5.74) is 1.68. The molecular formula is C19H17ClFN3O2. The Morgan fingerprint density at radius 2 is 1.96 bits per heavy atom. The fourth-order valence-corrected chi connectivity index (χ4v) is 2.60. The SMILES string of the molecule is Cc1oc(-c2ccccc2)nc1CCNC(=O)Nc1cccc(Cl)c1F. The van der Waals surface area contributed by atoms with Gasteiger partial charge in [0.05, 0.1) is 16.4 Å². The van der Waals surface area contributed by atoms with Crippen LogP contribution in [0.4, 0.5) is 14.9 Å². The van der Waals surface area contributed by atoms with E-state index in [2.05, 4.69) is 15.6 Å². The fraction of sp³-hybridized carbons (Fsp3) is 0.158. The van der Waals surface area contributed by atoms with Gasteiger partial charge >= 0.3 is 6.03 Å². The van der Waals surface area contributed by atoms with Gasteiger partial charge in [-0.15, -0.1) is 0 Å². The summed E-state index contributed by atoms with van der Waals surface area (Å²) in [6, 6.07) is 13.5. The summed E-state index contributed by atoms with van der Waals surface area (Å²) in [7, 11) is 0. The molecule has 0 atom stereocenters. The van der Waals surface area contributed by atoms with Gasteiger partial charge in [0.15, 0.2) is 5.82 Å². The molecular weight excluding hydrogens is 357 g/mol. The number of aromatic nitrogens is 1. The zero-order valence-corrected chi connectivity index (χ0v) is 14.8. The first-order valence-corrected chi connectivity index (χ1v) is 8.43. The van der Waals surface area contributed by atoms with E-state index in [-0.39, 0.29) is 10.7 Å². The molecule has 0 unspecified atom stereocenters. The Hall–Kier alpha value is -2.86. The van der Waals surface area contributed by atoms with Crippen molar-refractivity contribution in [3.05, 3.63) is 70.8 Å². The number of nitrogens with zero attached hydrogens (tertiary/aromatic N) is 1. The van der Waals surface area contributed by atoms with Crippen molar-refractivity contribution >= 4 is 23.3 Å². The fourth-order valence-electron chi connectivity index (χ4n) is 2.43. The highest BCUT2D eigenvalue weighted by Crippen LogP contribution is 2.22. The Kier molecular flexibility index (Phi) is 5.53. The lowest BCUT2D eigenvalue weighted by atomic mass is 10.2. The third-order valence-corrected chi connectivity index (χ3v) is 4.05. The van der Waals surface area contributed by atoms with E-state index in [4.69, 9.17) is 16.0 Å². The molecule has 26 heavy (non-hydrogen) atoms. The Labute approximate surface area is 155 Å². The van der Waals surface area contributed by atoms with Crippen LogP contribution < -0.4 is 10.6 Å². The summed E-state index contributed by atoms with van der Waals surface area (Å²) < 4.78 is 19.4. The number of aryl methyl sites for hydroxylation is 1. The van der Waals surface area contributed by atoms with Crippen molar-refractivity contribution in [1.29, 1.82) is 0 Å². The third-order valence-electron chi connectivity index (χ3n) is 3.76. The molecule has 2 amide bonds. The monoisotopic (exact) mass is 373 g/mol.